The molecule has 1 heteroatoms. The van der Waals surface area contributed by atoms with Crippen molar-refractivity contribution in [3.8, 4) is 0 Å². The van der Waals surface area contributed by atoms with Crippen LogP contribution in [0.4, 0.5) is 0 Å². The van der Waals surface area contributed by atoms with E-state index in [1.807, 2.05) is 0 Å². The number of piperidine rings is 2. The lowest BCUT2D eigenvalue weighted by Crippen LogP contribution is -2.46. The van der Waals surface area contributed by atoms with E-state index in [0.29, 0.717) is 0 Å². The lowest BCUT2D eigenvalue weighted by molar-refractivity contribution is 0.0830. The normalized spacial score (nSPS) is 40.7. The van der Waals surface area contributed by atoms with Crippen molar-refractivity contribution in [1.29, 1.82) is 0 Å². The van der Waals surface area contributed by atoms with E-state index < -0.39 is 0 Å². The van der Waals surface area contributed by atoms with Gasteiger partial charge in [-0.25, -0.2) is 0 Å². The summed E-state index contributed by atoms with van der Waals surface area (Å²) in [6, 6.07) is 11.3. The van der Waals surface area contributed by atoms with Crippen LogP contribution in [0.3, 0.4) is 0 Å². The monoisotopic (exact) mass is 283 g/mol. The largest absolute Gasteiger partial charge is 0.297 e. The van der Waals surface area contributed by atoms with Crippen molar-refractivity contribution in [3.63, 3.8) is 0 Å². The van der Waals surface area contributed by atoms with Crippen LogP contribution >= 0.6 is 0 Å². The van der Waals surface area contributed by atoms with Crippen LogP contribution in [0.25, 0.3) is 0 Å². The minimum atomic E-state index is 0.825. The molecule has 1 unspecified atom stereocenters. The van der Waals surface area contributed by atoms with Gasteiger partial charge in [-0.1, -0.05) is 49.6 Å². The Kier molecular flexibility index (Phi) is 3.57. The van der Waals surface area contributed by atoms with Gasteiger partial charge in [0.1, 0.15) is 0 Å². The van der Waals surface area contributed by atoms with Crippen LogP contribution in [0.15, 0.2) is 24.3 Å². The highest BCUT2D eigenvalue weighted by Gasteiger charge is 2.54. The summed E-state index contributed by atoms with van der Waals surface area (Å²) in [5.41, 5.74) is 3.02. The molecule has 3 fully saturated rings. The summed E-state index contributed by atoms with van der Waals surface area (Å²) in [4.78, 5) is 2.90. The second-order valence-corrected chi connectivity index (χ2v) is 7.72. The molecule has 0 aromatic heterocycles. The fraction of sp³-hybridized carbons (Fsp3) is 0.700. The minimum absolute atomic E-state index is 0.825. The number of hydrogen-bond donors (Lipinski definition) is 0. The third kappa shape index (κ3) is 2.25. The van der Waals surface area contributed by atoms with E-state index in [4.69, 9.17) is 0 Å². The molecule has 0 aliphatic carbocycles. The van der Waals surface area contributed by atoms with E-state index >= 15 is 0 Å². The molecule has 4 bridgehead atoms. The maximum absolute atomic E-state index is 2.90. The Morgan fingerprint density at radius 3 is 2.67 bits per heavy atom. The number of nitrogens with zero attached hydrogens (tertiary/aromatic N) is 1. The van der Waals surface area contributed by atoms with Crippen molar-refractivity contribution in [1.82, 2.24) is 4.90 Å². The number of rotatable bonds is 4. The van der Waals surface area contributed by atoms with Crippen LogP contribution < -0.4 is 0 Å². The number of hydrogen-bond acceptors (Lipinski definition) is 1. The average molecular weight is 283 g/mol. The van der Waals surface area contributed by atoms with Gasteiger partial charge in [0.15, 0.2) is 0 Å². The van der Waals surface area contributed by atoms with Gasteiger partial charge in [-0.05, 0) is 62.5 Å². The first-order valence-corrected chi connectivity index (χ1v) is 9.10. The van der Waals surface area contributed by atoms with Crippen LogP contribution in [-0.4, -0.2) is 23.5 Å². The van der Waals surface area contributed by atoms with E-state index in [2.05, 4.69) is 43.0 Å². The molecule has 0 N–H and O–H groups in total. The maximum atomic E-state index is 2.90. The Hall–Kier alpha value is -0.820. The second kappa shape index (κ2) is 5.43. The van der Waals surface area contributed by atoms with Gasteiger partial charge in [-0.2, -0.15) is 0 Å². The van der Waals surface area contributed by atoms with Crippen LogP contribution in [0, 0.1) is 18.8 Å². The van der Waals surface area contributed by atoms with Crippen LogP contribution in [0.1, 0.15) is 62.5 Å². The molecule has 21 heavy (non-hydrogen) atoms. The molecular formula is C20H29N. The molecule has 0 radical (unpaired) electrons. The highest BCUT2D eigenvalue weighted by Crippen LogP contribution is 2.54. The van der Waals surface area contributed by atoms with Crippen LogP contribution in [0.2, 0.25) is 0 Å². The smallest absolute Gasteiger partial charge is 0.0136 e. The molecule has 1 aromatic carbocycles. The van der Waals surface area contributed by atoms with Gasteiger partial charge in [-0.3, -0.25) is 4.90 Å². The van der Waals surface area contributed by atoms with Crippen molar-refractivity contribution in [2.45, 2.75) is 70.4 Å². The number of unbranched alkanes of at least 4 members (excludes halogenated alkanes) is 1. The Labute approximate surface area is 129 Å². The third-order valence-corrected chi connectivity index (χ3v) is 6.60. The standard InChI is InChI=1S/C20H29N/c1-3-4-5-17-18(15-8-6-14(2)7-9-15)13-19-16-10-11-21(19)20(17)12-16/h6-9,16-20H,3-5,10-13H2,1-2H3/t16-,17-,18-,19-,20+/m0/s1. The molecule has 0 spiro atoms. The fourth-order valence-electron chi connectivity index (χ4n) is 5.56. The highest BCUT2D eigenvalue weighted by molar-refractivity contribution is 5.28. The van der Waals surface area contributed by atoms with Crippen molar-refractivity contribution in [3.05, 3.63) is 35.4 Å². The zero-order valence-electron chi connectivity index (χ0n) is 13.6. The van der Waals surface area contributed by atoms with E-state index in [0.717, 1.165) is 29.8 Å². The van der Waals surface area contributed by atoms with E-state index in [-0.39, 0.29) is 0 Å². The molecule has 1 nitrogen and oxygen atoms in total. The Bertz CT molecular complexity index is 491. The SMILES string of the molecule is CCCC[C@@H]1[C@H]2C[C@@H]3CCN2[C@H]3C[C@H]1c1ccc(C)cc1. The topological polar surface area (TPSA) is 3.24 Å². The van der Waals surface area contributed by atoms with Gasteiger partial charge in [0, 0.05) is 12.1 Å². The average Bonchev–Trinajstić information content (AvgIpc) is 3.01. The van der Waals surface area contributed by atoms with Gasteiger partial charge < -0.3 is 0 Å². The van der Waals surface area contributed by atoms with E-state index in [1.165, 1.54) is 50.6 Å². The van der Waals surface area contributed by atoms with Gasteiger partial charge >= 0.3 is 0 Å². The van der Waals surface area contributed by atoms with Gasteiger partial charge in [0.25, 0.3) is 0 Å². The summed E-state index contributed by atoms with van der Waals surface area (Å²) < 4.78 is 0. The van der Waals surface area contributed by atoms with E-state index in [9.17, 15) is 0 Å². The molecule has 3 heterocycles. The summed E-state index contributed by atoms with van der Waals surface area (Å²) in [6.45, 7) is 5.94. The summed E-state index contributed by atoms with van der Waals surface area (Å²) in [6.07, 6.45) is 8.60. The Morgan fingerprint density at radius 2 is 1.90 bits per heavy atom. The van der Waals surface area contributed by atoms with Crippen molar-refractivity contribution in [2.24, 2.45) is 11.8 Å². The van der Waals surface area contributed by atoms with Crippen molar-refractivity contribution < 1.29 is 0 Å². The van der Waals surface area contributed by atoms with Crippen molar-refractivity contribution in [2.75, 3.05) is 6.54 Å². The maximum Gasteiger partial charge on any atom is 0.0136 e. The Morgan fingerprint density at radius 1 is 1.10 bits per heavy atom. The predicted octanol–water partition coefficient (Wildman–Crippen LogP) is 4.75. The molecular weight excluding hydrogens is 254 g/mol. The summed E-state index contributed by atoms with van der Waals surface area (Å²) in [5.74, 6) is 2.76. The fourth-order valence-corrected chi connectivity index (χ4v) is 5.56. The van der Waals surface area contributed by atoms with Crippen LogP contribution in [0.5, 0.6) is 0 Å². The Balaban J connectivity index is 1.63. The lowest BCUT2D eigenvalue weighted by atomic mass is 9.74. The molecule has 0 amide bonds. The summed E-state index contributed by atoms with van der Waals surface area (Å²) >= 11 is 0. The summed E-state index contributed by atoms with van der Waals surface area (Å²) in [5, 5.41) is 0. The first-order valence-electron chi connectivity index (χ1n) is 9.10. The zero-order chi connectivity index (χ0) is 14.4. The van der Waals surface area contributed by atoms with Gasteiger partial charge in [0.05, 0.1) is 0 Å². The molecule has 0 saturated carbocycles. The third-order valence-electron chi connectivity index (χ3n) is 6.60. The molecule has 1 aromatic rings. The number of aryl methyl sites for hydroxylation is 1. The molecule has 3 aliphatic heterocycles. The molecule has 3 saturated heterocycles. The summed E-state index contributed by atoms with van der Waals surface area (Å²) in [7, 11) is 0. The minimum Gasteiger partial charge on any atom is -0.297 e. The van der Waals surface area contributed by atoms with E-state index in [1.54, 1.807) is 5.56 Å². The molecule has 3 aliphatic rings. The first-order chi connectivity index (χ1) is 10.3. The molecule has 114 valence electrons. The molecule has 4 rings (SSSR count). The van der Waals surface area contributed by atoms with Gasteiger partial charge in [-0.15, -0.1) is 0 Å². The van der Waals surface area contributed by atoms with Gasteiger partial charge in [0.2, 0.25) is 0 Å². The number of benzene rings is 1. The zero-order valence-corrected chi connectivity index (χ0v) is 13.6. The molecule has 6 atom stereocenters. The second-order valence-electron chi connectivity index (χ2n) is 7.72. The van der Waals surface area contributed by atoms with Crippen molar-refractivity contribution >= 4 is 0 Å². The first kappa shape index (κ1) is 13.8. The highest BCUT2D eigenvalue weighted by atomic mass is 15.3. The predicted molar refractivity (Wildman–Crippen MR) is 88.6 cm³/mol. The quantitative estimate of drug-likeness (QED) is 0.770. The lowest BCUT2D eigenvalue weighted by Gasteiger charge is -2.44. The van der Waals surface area contributed by atoms with Crippen LogP contribution in [-0.2, 0) is 0 Å².